The molecule has 0 heterocycles. The largest absolute Gasteiger partial charge is 0.487 e. The number of hydrogen-bond acceptors (Lipinski definition) is 4. The van der Waals surface area contributed by atoms with E-state index in [1.54, 1.807) is 6.07 Å². The lowest BCUT2D eigenvalue weighted by Crippen LogP contribution is -2.46. The Morgan fingerprint density at radius 2 is 1.79 bits per heavy atom. The number of rotatable bonds is 8. The van der Waals surface area contributed by atoms with Crippen molar-refractivity contribution in [3.63, 3.8) is 0 Å². The van der Waals surface area contributed by atoms with E-state index in [4.69, 9.17) is 10.5 Å². The zero-order chi connectivity index (χ0) is 19.8. The number of amides is 2. The number of carbonyl (C=O) groups excluding carboxylic acids is 2. The molecule has 0 saturated carbocycles. The summed E-state index contributed by atoms with van der Waals surface area (Å²) in [6, 6.07) is 14.7. The number of nitrogens with two attached hydrogens (primary N) is 1. The molecule has 7 heteroatoms. The summed E-state index contributed by atoms with van der Waals surface area (Å²) in [4.78, 5) is 24.1. The van der Waals surface area contributed by atoms with Gasteiger partial charge in [-0.1, -0.05) is 50.2 Å². The first kappa shape index (κ1) is 23.5. The second-order valence-corrected chi connectivity index (χ2v) is 6.81. The van der Waals surface area contributed by atoms with Crippen LogP contribution in [0.3, 0.4) is 0 Å². The van der Waals surface area contributed by atoms with E-state index in [-0.39, 0.29) is 36.7 Å². The molecule has 0 bridgehead atoms. The van der Waals surface area contributed by atoms with Crippen molar-refractivity contribution in [2.75, 3.05) is 11.9 Å². The van der Waals surface area contributed by atoms with Crippen molar-refractivity contribution in [1.82, 2.24) is 5.32 Å². The Labute approximate surface area is 172 Å². The molecular formula is C21H28ClN3O3. The van der Waals surface area contributed by atoms with Crippen molar-refractivity contribution < 1.29 is 14.3 Å². The number of aryl methyl sites for hydroxylation is 1. The summed E-state index contributed by atoms with van der Waals surface area (Å²) in [5.74, 6) is -0.0992. The molecule has 0 unspecified atom stereocenters. The second-order valence-electron chi connectivity index (χ2n) is 6.81. The highest BCUT2D eigenvalue weighted by Gasteiger charge is 2.18. The van der Waals surface area contributed by atoms with Gasteiger partial charge in [0.2, 0.25) is 11.8 Å². The molecular weight excluding hydrogens is 378 g/mol. The van der Waals surface area contributed by atoms with Crippen molar-refractivity contribution in [3.05, 3.63) is 59.7 Å². The fourth-order valence-corrected chi connectivity index (χ4v) is 2.37. The Morgan fingerprint density at radius 3 is 2.43 bits per heavy atom. The lowest BCUT2D eigenvalue weighted by atomic mass is 10.1. The van der Waals surface area contributed by atoms with Gasteiger partial charge in [0.05, 0.1) is 18.3 Å². The van der Waals surface area contributed by atoms with Gasteiger partial charge >= 0.3 is 0 Å². The maximum absolute atomic E-state index is 12.2. The molecule has 0 saturated heterocycles. The van der Waals surface area contributed by atoms with E-state index in [2.05, 4.69) is 10.6 Å². The quantitative estimate of drug-likeness (QED) is 0.629. The van der Waals surface area contributed by atoms with Crippen LogP contribution in [0.4, 0.5) is 5.69 Å². The average molecular weight is 406 g/mol. The van der Waals surface area contributed by atoms with Crippen LogP contribution in [0.1, 0.15) is 25.0 Å². The molecule has 0 aliphatic rings. The Kier molecular flexibility index (Phi) is 9.48. The minimum Gasteiger partial charge on any atom is -0.487 e. The van der Waals surface area contributed by atoms with Crippen molar-refractivity contribution in [2.24, 2.45) is 11.7 Å². The zero-order valence-electron chi connectivity index (χ0n) is 16.4. The van der Waals surface area contributed by atoms with Gasteiger partial charge in [-0.15, -0.1) is 12.4 Å². The molecule has 2 rings (SSSR count). The Hall–Kier alpha value is -2.57. The number of carbonyl (C=O) groups is 2. The number of nitrogens with one attached hydrogen (secondary N) is 2. The molecule has 0 fully saturated rings. The number of ether oxygens (including phenoxy) is 1. The molecule has 0 aliphatic heterocycles. The average Bonchev–Trinajstić information content (AvgIpc) is 2.66. The van der Waals surface area contributed by atoms with Crippen molar-refractivity contribution >= 4 is 29.9 Å². The van der Waals surface area contributed by atoms with E-state index < -0.39 is 6.04 Å². The van der Waals surface area contributed by atoms with Gasteiger partial charge in [-0.05, 0) is 36.1 Å². The molecule has 0 aliphatic carbocycles. The van der Waals surface area contributed by atoms with E-state index in [0.29, 0.717) is 18.0 Å². The number of halogens is 1. The molecule has 4 N–H and O–H groups in total. The first-order chi connectivity index (χ1) is 12.9. The first-order valence-electron chi connectivity index (χ1n) is 8.97. The zero-order valence-corrected chi connectivity index (χ0v) is 17.2. The highest BCUT2D eigenvalue weighted by atomic mass is 35.5. The van der Waals surface area contributed by atoms with E-state index >= 15 is 0 Å². The van der Waals surface area contributed by atoms with Gasteiger partial charge in [0, 0.05) is 0 Å². The molecule has 0 radical (unpaired) electrons. The van der Waals surface area contributed by atoms with Crippen molar-refractivity contribution in [2.45, 2.75) is 33.4 Å². The Bertz CT molecular complexity index is 782. The summed E-state index contributed by atoms with van der Waals surface area (Å²) >= 11 is 0. The van der Waals surface area contributed by atoms with Crippen LogP contribution in [0, 0.1) is 12.8 Å². The summed E-state index contributed by atoms with van der Waals surface area (Å²) < 4.78 is 5.88. The fourth-order valence-electron chi connectivity index (χ4n) is 2.37. The smallest absolute Gasteiger partial charge is 0.243 e. The SMILES string of the molecule is Cc1ccc(NC(=O)CNC(=O)[C@@H](N)C(C)C)c(OCc2ccccc2)c1.Cl. The maximum Gasteiger partial charge on any atom is 0.243 e. The predicted octanol–water partition coefficient (Wildman–Crippen LogP) is 3.03. The van der Waals surface area contributed by atoms with E-state index in [0.717, 1.165) is 11.1 Å². The normalized spacial score (nSPS) is 11.3. The molecule has 6 nitrogen and oxygen atoms in total. The van der Waals surface area contributed by atoms with Gasteiger partial charge in [0.25, 0.3) is 0 Å². The second kappa shape index (κ2) is 11.3. The Balaban J connectivity index is 0.00000392. The van der Waals surface area contributed by atoms with Crippen LogP contribution in [-0.4, -0.2) is 24.4 Å². The highest BCUT2D eigenvalue weighted by Crippen LogP contribution is 2.26. The van der Waals surface area contributed by atoms with Gasteiger partial charge < -0.3 is 21.1 Å². The molecule has 0 spiro atoms. The van der Waals surface area contributed by atoms with E-state index in [1.807, 2.05) is 63.2 Å². The van der Waals surface area contributed by atoms with Crippen molar-refractivity contribution in [3.8, 4) is 5.75 Å². The van der Waals surface area contributed by atoms with Crippen LogP contribution in [0.2, 0.25) is 0 Å². The lowest BCUT2D eigenvalue weighted by Gasteiger charge is -2.16. The minimum absolute atomic E-state index is 0. The lowest BCUT2D eigenvalue weighted by molar-refractivity contribution is -0.125. The van der Waals surface area contributed by atoms with Crippen LogP contribution in [0.5, 0.6) is 5.75 Å². The molecule has 0 aromatic heterocycles. The molecule has 2 aromatic carbocycles. The van der Waals surface area contributed by atoms with Gasteiger partial charge in [-0.3, -0.25) is 9.59 Å². The summed E-state index contributed by atoms with van der Waals surface area (Å²) in [7, 11) is 0. The van der Waals surface area contributed by atoms with Gasteiger partial charge in [-0.25, -0.2) is 0 Å². The molecule has 2 amide bonds. The molecule has 2 aromatic rings. The van der Waals surface area contributed by atoms with E-state index in [9.17, 15) is 9.59 Å². The summed E-state index contributed by atoms with van der Waals surface area (Å²) in [6.45, 7) is 5.91. The number of hydrogen-bond donors (Lipinski definition) is 3. The van der Waals surface area contributed by atoms with Crippen LogP contribution < -0.4 is 21.1 Å². The predicted molar refractivity (Wildman–Crippen MR) is 114 cm³/mol. The maximum atomic E-state index is 12.2. The summed E-state index contributed by atoms with van der Waals surface area (Å²) in [5.41, 5.74) is 8.38. The van der Waals surface area contributed by atoms with Crippen LogP contribution >= 0.6 is 12.4 Å². The monoisotopic (exact) mass is 405 g/mol. The minimum atomic E-state index is -0.637. The topological polar surface area (TPSA) is 93.5 Å². The van der Waals surface area contributed by atoms with Gasteiger partial charge in [0.15, 0.2) is 0 Å². The van der Waals surface area contributed by atoms with Crippen LogP contribution in [0.25, 0.3) is 0 Å². The third-order valence-corrected chi connectivity index (χ3v) is 4.09. The number of benzene rings is 2. The van der Waals surface area contributed by atoms with Crippen molar-refractivity contribution in [1.29, 1.82) is 0 Å². The third-order valence-electron chi connectivity index (χ3n) is 4.09. The molecule has 28 heavy (non-hydrogen) atoms. The molecule has 152 valence electrons. The van der Waals surface area contributed by atoms with Crippen LogP contribution in [0.15, 0.2) is 48.5 Å². The summed E-state index contributed by atoms with van der Waals surface area (Å²) in [5, 5.41) is 5.33. The van der Waals surface area contributed by atoms with Gasteiger partial charge in [0.1, 0.15) is 12.4 Å². The third kappa shape index (κ3) is 7.21. The van der Waals surface area contributed by atoms with Crippen LogP contribution in [-0.2, 0) is 16.2 Å². The fraction of sp³-hybridized carbons (Fsp3) is 0.333. The molecule has 1 atom stereocenters. The highest BCUT2D eigenvalue weighted by molar-refractivity contribution is 5.96. The van der Waals surface area contributed by atoms with E-state index in [1.165, 1.54) is 0 Å². The van der Waals surface area contributed by atoms with Gasteiger partial charge in [-0.2, -0.15) is 0 Å². The standard InChI is InChI=1S/C21H27N3O3.ClH/c1-14(2)20(22)21(26)23-12-19(25)24-17-10-9-15(3)11-18(17)27-13-16-7-5-4-6-8-16;/h4-11,14,20H,12-13,22H2,1-3H3,(H,23,26)(H,24,25);1H/t20-;/m0./s1. The summed E-state index contributed by atoms with van der Waals surface area (Å²) in [6.07, 6.45) is 0. The number of anilines is 1. The Morgan fingerprint density at radius 1 is 1.11 bits per heavy atom. The first-order valence-corrected chi connectivity index (χ1v) is 8.97.